The maximum Gasteiger partial charge on any atom is 0.573 e. The summed E-state index contributed by atoms with van der Waals surface area (Å²) in [4.78, 5) is 24.5. The quantitative estimate of drug-likeness (QED) is 0.204. The van der Waals surface area contributed by atoms with E-state index in [0.29, 0.717) is 52.5 Å². The normalized spacial score (nSPS) is 17.3. The average molecular weight is 589 g/mol. The molecule has 1 heterocycles. The Labute approximate surface area is 237 Å². The van der Waals surface area contributed by atoms with Gasteiger partial charge in [0.05, 0.1) is 12.6 Å². The number of rotatable bonds is 10. The lowest BCUT2D eigenvalue weighted by Gasteiger charge is -2.33. The molecule has 0 saturated heterocycles. The number of nitrogens with one attached hydrogen (secondary N) is 1. The van der Waals surface area contributed by atoms with Crippen molar-refractivity contribution in [3.63, 3.8) is 0 Å². The van der Waals surface area contributed by atoms with E-state index in [0.717, 1.165) is 6.07 Å². The van der Waals surface area contributed by atoms with E-state index < -0.39 is 24.1 Å². The van der Waals surface area contributed by atoms with E-state index in [-0.39, 0.29) is 17.7 Å². The molecule has 1 unspecified atom stereocenters. The second-order valence-electron chi connectivity index (χ2n) is 9.38. The number of methoxy groups -OCH3 is 1. The number of benzene rings is 3. The number of hydrogen-bond acceptors (Lipinski definition) is 7. The predicted octanol–water partition coefficient (Wildman–Crippen LogP) is 6.78. The first-order valence-electron chi connectivity index (χ1n) is 12.5. The number of carbonyl (C=O) groups is 2. The SMILES string of the molecule is COc1cc(NC(C(=O)n2ccc3ccc(OC(F)(F)F)cc32)c2ccc(Cl)cc2)cc(OC2CC(OC=O)C2)c1. The van der Waals surface area contributed by atoms with Gasteiger partial charge in [0.2, 0.25) is 0 Å². The molecule has 0 radical (unpaired) electrons. The molecule has 12 heteroatoms. The first-order valence-corrected chi connectivity index (χ1v) is 12.9. The molecule has 41 heavy (non-hydrogen) atoms. The van der Waals surface area contributed by atoms with Crippen LogP contribution in [0.2, 0.25) is 5.02 Å². The van der Waals surface area contributed by atoms with Crippen LogP contribution in [0.15, 0.2) is 72.9 Å². The van der Waals surface area contributed by atoms with Gasteiger partial charge in [0, 0.05) is 59.4 Å². The maximum absolute atomic E-state index is 14.0. The summed E-state index contributed by atoms with van der Waals surface area (Å²) in [5.41, 5.74) is 1.29. The lowest BCUT2D eigenvalue weighted by Crippen LogP contribution is -2.39. The highest BCUT2D eigenvalue weighted by Crippen LogP contribution is 2.34. The summed E-state index contributed by atoms with van der Waals surface area (Å²) in [6.45, 7) is 0.417. The van der Waals surface area contributed by atoms with Crippen molar-refractivity contribution in [3.05, 3.63) is 83.5 Å². The van der Waals surface area contributed by atoms with Crippen molar-refractivity contribution in [1.29, 1.82) is 0 Å². The Hall–Kier alpha value is -4.38. The minimum absolute atomic E-state index is 0.159. The van der Waals surface area contributed by atoms with Gasteiger partial charge in [-0.15, -0.1) is 13.2 Å². The van der Waals surface area contributed by atoms with Gasteiger partial charge in [-0.25, -0.2) is 0 Å². The number of carbonyl (C=O) groups excluding carboxylic acids is 2. The highest BCUT2D eigenvalue weighted by atomic mass is 35.5. The van der Waals surface area contributed by atoms with E-state index in [4.69, 9.17) is 25.8 Å². The predicted molar refractivity (Wildman–Crippen MR) is 145 cm³/mol. The van der Waals surface area contributed by atoms with Crippen LogP contribution in [0.4, 0.5) is 18.9 Å². The summed E-state index contributed by atoms with van der Waals surface area (Å²) >= 11 is 6.08. The van der Waals surface area contributed by atoms with Crippen LogP contribution in [-0.2, 0) is 9.53 Å². The molecule has 5 rings (SSSR count). The number of aromatic nitrogens is 1. The first-order chi connectivity index (χ1) is 19.6. The van der Waals surface area contributed by atoms with Crippen LogP contribution in [0.5, 0.6) is 17.2 Å². The molecule has 0 bridgehead atoms. The first kappa shape index (κ1) is 28.2. The van der Waals surface area contributed by atoms with Crippen LogP contribution in [0.25, 0.3) is 10.9 Å². The van der Waals surface area contributed by atoms with Gasteiger partial charge >= 0.3 is 6.36 Å². The number of anilines is 1. The van der Waals surface area contributed by atoms with Gasteiger partial charge < -0.3 is 24.3 Å². The van der Waals surface area contributed by atoms with Crippen molar-refractivity contribution in [3.8, 4) is 17.2 Å². The zero-order chi connectivity index (χ0) is 29.1. The monoisotopic (exact) mass is 588 g/mol. The van der Waals surface area contributed by atoms with E-state index in [9.17, 15) is 22.8 Å². The van der Waals surface area contributed by atoms with Crippen LogP contribution in [0.1, 0.15) is 29.2 Å². The smallest absolute Gasteiger partial charge is 0.497 e. The Balaban J connectivity index is 1.46. The minimum atomic E-state index is -4.88. The lowest BCUT2D eigenvalue weighted by molar-refractivity contribution is -0.274. The minimum Gasteiger partial charge on any atom is -0.497 e. The third-order valence-electron chi connectivity index (χ3n) is 6.61. The average Bonchev–Trinajstić information content (AvgIpc) is 3.33. The van der Waals surface area contributed by atoms with Crippen LogP contribution in [0, 0.1) is 0 Å². The van der Waals surface area contributed by atoms with Gasteiger partial charge in [-0.2, -0.15) is 0 Å². The van der Waals surface area contributed by atoms with E-state index >= 15 is 0 Å². The molecule has 1 aliphatic carbocycles. The van der Waals surface area contributed by atoms with Gasteiger partial charge in [0.15, 0.2) is 0 Å². The van der Waals surface area contributed by atoms with E-state index in [1.54, 1.807) is 48.5 Å². The fraction of sp³-hybridized carbons (Fsp3) is 0.241. The van der Waals surface area contributed by atoms with E-state index in [1.807, 2.05) is 0 Å². The molecule has 214 valence electrons. The highest BCUT2D eigenvalue weighted by molar-refractivity contribution is 6.30. The van der Waals surface area contributed by atoms with E-state index in [1.165, 1.54) is 30.0 Å². The Morgan fingerprint density at radius 1 is 1.00 bits per heavy atom. The molecule has 1 saturated carbocycles. The topological polar surface area (TPSA) is 88.0 Å². The zero-order valence-electron chi connectivity index (χ0n) is 21.6. The third kappa shape index (κ3) is 6.68. The molecule has 0 spiro atoms. The van der Waals surface area contributed by atoms with Crippen LogP contribution < -0.4 is 19.5 Å². The summed E-state index contributed by atoms with van der Waals surface area (Å²) in [5, 5.41) is 4.24. The number of ether oxygens (including phenoxy) is 4. The highest BCUT2D eigenvalue weighted by Gasteiger charge is 2.33. The fourth-order valence-electron chi connectivity index (χ4n) is 4.58. The van der Waals surface area contributed by atoms with Crippen molar-refractivity contribution in [2.75, 3.05) is 12.4 Å². The molecule has 0 aliphatic heterocycles. The van der Waals surface area contributed by atoms with Gasteiger partial charge in [-0.1, -0.05) is 23.7 Å². The Kier molecular flexibility index (Phi) is 7.98. The Morgan fingerprint density at radius 2 is 1.73 bits per heavy atom. The Morgan fingerprint density at radius 3 is 2.41 bits per heavy atom. The summed E-state index contributed by atoms with van der Waals surface area (Å²) in [6.07, 6.45) is -2.64. The molecule has 1 aromatic heterocycles. The third-order valence-corrected chi connectivity index (χ3v) is 6.87. The second-order valence-corrected chi connectivity index (χ2v) is 9.82. The van der Waals surface area contributed by atoms with Crippen molar-refractivity contribution >= 4 is 40.6 Å². The standard InChI is InChI=1S/C29H24ClF3N2O6/c1-38-22-10-20(11-24(12-22)40-25-13-23(14-25)39-16-36)34-27(18-2-5-19(30)6-3-18)28(37)35-9-8-17-4-7-21(15-26(17)35)41-29(31,32)33/h2-12,15-16,23,25,27,34H,13-14H2,1H3. The van der Waals surface area contributed by atoms with Crippen molar-refractivity contribution in [1.82, 2.24) is 4.57 Å². The summed E-state index contributed by atoms with van der Waals surface area (Å²) in [5.74, 6) is 0.0291. The van der Waals surface area contributed by atoms with Crippen molar-refractivity contribution in [2.45, 2.75) is 37.5 Å². The molecule has 4 aromatic rings. The number of alkyl halides is 3. The van der Waals surface area contributed by atoms with Crippen molar-refractivity contribution in [2.24, 2.45) is 0 Å². The van der Waals surface area contributed by atoms with E-state index in [2.05, 4.69) is 10.1 Å². The van der Waals surface area contributed by atoms with Crippen LogP contribution in [0.3, 0.4) is 0 Å². The number of hydrogen-bond donors (Lipinski definition) is 1. The van der Waals surface area contributed by atoms with Crippen molar-refractivity contribution < 1.29 is 41.7 Å². The molecular formula is C29H24ClF3N2O6. The van der Waals surface area contributed by atoms with Gasteiger partial charge in [-0.05, 0) is 35.9 Å². The molecular weight excluding hydrogens is 565 g/mol. The second kappa shape index (κ2) is 11.6. The molecule has 1 aliphatic rings. The van der Waals surface area contributed by atoms with Gasteiger partial charge in [-0.3, -0.25) is 14.2 Å². The van der Waals surface area contributed by atoms with Crippen LogP contribution in [-0.4, -0.2) is 42.6 Å². The molecule has 8 nitrogen and oxygen atoms in total. The summed E-state index contributed by atoms with van der Waals surface area (Å²) < 4.78 is 60.3. The fourth-order valence-corrected chi connectivity index (χ4v) is 4.71. The number of fused-ring (bicyclic) bond motifs is 1. The lowest BCUT2D eigenvalue weighted by atomic mass is 9.92. The maximum atomic E-state index is 14.0. The summed E-state index contributed by atoms with van der Waals surface area (Å²) in [7, 11) is 1.49. The zero-order valence-corrected chi connectivity index (χ0v) is 22.3. The van der Waals surface area contributed by atoms with Gasteiger partial charge in [0.25, 0.3) is 12.4 Å². The molecule has 1 atom stereocenters. The summed E-state index contributed by atoms with van der Waals surface area (Å²) in [6, 6.07) is 16.2. The largest absolute Gasteiger partial charge is 0.573 e. The van der Waals surface area contributed by atoms with Crippen LogP contribution >= 0.6 is 11.6 Å². The Bertz CT molecular complexity index is 1550. The molecule has 1 N–H and O–H groups in total. The molecule has 0 amide bonds. The number of nitrogens with zero attached hydrogens (tertiary/aromatic N) is 1. The molecule has 3 aromatic carbocycles. The van der Waals surface area contributed by atoms with Gasteiger partial charge in [0.1, 0.15) is 35.5 Å². The molecule has 1 fully saturated rings. The number of halogens is 4.